The second kappa shape index (κ2) is 13.2. The Hall–Kier alpha value is -4.09. The average molecular weight is 694 g/mol. The predicted octanol–water partition coefficient (Wildman–Crippen LogP) is 8.01. The summed E-state index contributed by atoms with van der Waals surface area (Å²) >= 11 is 0. The third-order valence-electron chi connectivity index (χ3n) is 12.0. The Kier molecular flexibility index (Phi) is 9.09. The minimum absolute atomic E-state index is 0.0151. The third kappa shape index (κ3) is 6.69. The Morgan fingerprint density at radius 2 is 1.68 bits per heavy atom. The minimum Gasteiger partial charge on any atom is -0.496 e. The Balaban J connectivity index is 1.10. The van der Waals surface area contributed by atoms with Crippen LogP contribution in [0.15, 0.2) is 48.9 Å². The largest absolute Gasteiger partial charge is 0.504 e. The van der Waals surface area contributed by atoms with Gasteiger partial charge in [0.2, 0.25) is 5.91 Å². The summed E-state index contributed by atoms with van der Waals surface area (Å²) in [6, 6.07) is 9.89. The van der Waals surface area contributed by atoms with Crippen LogP contribution in [0.25, 0.3) is 11.1 Å². The number of alkyl halides is 3. The van der Waals surface area contributed by atoms with Crippen LogP contribution in [-0.4, -0.2) is 64.5 Å². The molecule has 2 bridgehead atoms. The number of methoxy groups -OCH3 is 1. The summed E-state index contributed by atoms with van der Waals surface area (Å²) in [5, 5.41) is 3.51. The number of aryl methyl sites for hydroxylation is 1. The smallest absolute Gasteiger partial charge is 0.496 e. The number of carbonyl (C=O) groups is 2. The summed E-state index contributed by atoms with van der Waals surface area (Å²) in [5.74, 6) is 1.53. The van der Waals surface area contributed by atoms with Gasteiger partial charge in [-0.2, -0.15) is 9.78 Å². The van der Waals surface area contributed by atoms with Crippen molar-refractivity contribution < 1.29 is 32.2 Å². The van der Waals surface area contributed by atoms with Crippen LogP contribution in [0.3, 0.4) is 0 Å². The van der Waals surface area contributed by atoms with E-state index in [1.807, 2.05) is 4.90 Å². The van der Waals surface area contributed by atoms with Gasteiger partial charge < -0.3 is 14.4 Å². The Morgan fingerprint density at radius 3 is 2.28 bits per heavy atom. The van der Waals surface area contributed by atoms with Gasteiger partial charge in [0.1, 0.15) is 17.7 Å². The summed E-state index contributed by atoms with van der Waals surface area (Å²) in [7, 11) is 1.69. The van der Waals surface area contributed by atoms with Gasteiger partial charge in [0, 0.05) is 43.5 Å². The maximum atomic E-state index is 14.5. The first-order chi connectivity index (χ1) is 23.9. The second-order valence-corrected chi connectivity index (χ2v) is 15.3. The fraction of sp³-hybridized carbons (Fsp3) is 0.579. The summed E-state index contributed by atoms with van der Waals surface area (Å²) in [5.41, 5.74) is 3.31. The van der Waals surface area contributed by atoms with Crippen LogP contribution in [0.4, 0.5) is 23.8 Å². The van der Waals surface area contributed by atoms with Crippen LogP contribution in [0, 0.1) is 24.2 Å². The van der Waals surface area contributed by atoms with E-state index in [4.69, 9.17) is 9.47 Å². The van der Waals surface area contributed by atoms with E-state index in [1.54, 1.807) is 30.3 Å². The molecule has 2 amide bonds. The number of fused-ring (bicyclic) bond motifs is 3. The predicted molar refractivity (Wildman–Crippen MR) is 182 cm³/mol. The highest BCUT2D eigenvalue weighted by Gasteiger charge is 2.51. The highest BCUT2D eigenvalue weighted by Crippen LogP contribution is 2.58. The molecule has 9 nitrogen and oxygen atoms in total. The van der Waals surface area contributed by atoms with Gasteiger partial charge in [-0.1, -0.05) is 19.1 Å². The molecule has 5 aliphatic rings. The molecule has 1 aliphatic heterocycles. The number of hydrogen-bond donors (Lipinski definition) is 0. The number of carbonyl (C=O) groups excluding carboxylic acids is 2. The van der Waals surface area contributed by atoms with Gasteiger partial charge >= 0.3 is 12.4 Å². The number of likely N-dealkylation sites (tertiary alicyclic amines) is 1. The van der Waals surface area contributed by atoms with E-state index >= 15 is 0 Å². The molecular weight excluding hydrogens is 647 g/mol. The van der Waals surface area contributed by atoms with Gasteiger partial charge in [-0.15, -0.1) is 13.2 Å². The van der Waals surface area contributed by atoms with E-state index in [-0.39, 0.29) is 39.5 Å². The number of hydrogen-bond acceptors (Lipinski definition) is 6. The number of nitrogens with zero attached hydrogens (tertiary/aromatic N) is 5. The first-order valence-corrected chi connectivity index (χ1v) is 17.9. The number of amides is 2. The van der Waals surface area contributed by atoms with E-state index in [1.165, 1.54) is 11.8 Å². The quantitative estimate of drug-likeness (QED) is 0.238. The van der Waals surface area contributed by atoms with Gasteiger partial charge in [-0.05, 0) is 123 Å². The van der Waals surface area contributed by atoms with Gasteiger partial charge in [0.05, 0.1) is 13.3 Å². The van der Waals surface area contributed by atoms with Crippen LogP contribution in [-0.2, 0) is 21.2 Å². The highest BCUT2D eigenvalue weighted by atomic mass is 19.4. The SMILES string of the molecule is COc1ccc(C23CCC(CN(C(=O)C4CCC(OC(=O)N5CC(C)C5)CC4)c4cc(-c5cnn(C(F)(F)F)c5)ccn4)(CC2)CC3)cc1C. The molecule has 4 aliphatic carbocycles. The molecule has 0 unspecified atom stereocenters. The van der Waals surface area contributed by atoms with E-state index in [0.717, 1.165) is 56.0 Å². The lowest BCUT2D eigenvalue weighted by atomic mass is 9.51. The van der Waals surface area contributed by atoms with Crippen molar-refractivity contribution in [1.29, 1.82) is 0 Å². The summed E-state index contributed by atoms with van der Waals surface area (Å²) in [6.45, 7) is 6.12. The summed E-state index contributed by atoms with van der Waals surface area (Å²) in [6.07, 6.45) is 6.96. The van der Waals surface area contributed by atoms with Crippen molar-refractivity contribution in [3.63, 3.8) is 0 Å². The topological polar surface area (TPSA) is 89.8 Å². The Morgan fingerprint density at radius 1 is 0.980 bits per heavy atom. The molecule has 0 spiro atoms. The lowest BCUT2D eigenvalue weighted by molar-refractivity contribution is -0.212. The van der Waals surface area contributed by atoms with Crippen molar-refractivity contribution in [2.45, 2.75) is 95.9 Å². The van der Waals surface area contributed by atoms with E-state index in [0.29, 0.717) is 68.2 Å². The van der Waals surface area contributed by atoms with Crippen molar-refractivity contribution in [2.75, 3.05) is 31.6 Å². The van der Waals surface area contributed by atoms with Gasteiger partial charge in [-0.25, -0.2) is 9.78 Å². The molecule has 12 heteroatoms. The van der Waals surface area contributed by atoms with Gasteiger partial charge in [-0.3, -0.25) is 9.69 Å². The monoisotopic (exact) mass is 693 g/mol. The van der Waals surface area contributed by atoms with E-state index in [2.05, 4.69) is 42.1 Å². The summed E-state index contributed by atoms with van der Waals surface area (Å²) < 4.78 is 51.3. The first kappa shape index (κ1) is 34.4. The molecule has 8 rings (SSSR count). The standard InChI is InChI=1S/C38H46F3N5O4/c1-25-21-44(22-25)35(48)50-31-7-4-27(5-8-31)34(47)45(33-19-28(10-17-42-33)29-20-43-46(23-29)38(39,40)41)24-36-11-14-37(15-12-36,16-13-36)30-6-9-32(49-3)26(2)18-30/h6,9-10,17-20,23,25,27,31H,4-5,7-8,11-16,21-22,24H2,1-3H3. The molecule has 50 heavy (non-hydrogen) atoms. The normalized spacial score (nSPS) is 26.7. The summed E-state index contributed by atoms with van der Waals surface area (Å²) in [4.78, 5) is 35.2. The van der Waals surface area contributed by atoms with Crippen LogP contribution in [0.2, 0.25) is 0 Å². The number of rotatable bonds is 8. The number of benzene rings is 1. The molecule has 0 radical (unpaired) electrons. The fourth-order valence-electron chi connectivity index (χ4n) is 8.82. The Labute approximate surface area is 291 Å². The zero-order valence-corrected chi connectivity index (χ0v) is 29.0. The molecule has 5 fully saturated rings. The maximum absolute atomic E-state index is 14.5. The van der Waals surface area contributed by atoms with Crippen LogP contribution >= 0.6 is 0 Å². The minimum atomic E-state index is -4.63. The first-order valence-electron chi connectivity index (χ1n) is 17.9. The fourth-order valence-corrected chi connectivity index (χ4v) is 8.82. The lowest BCUT2D eigenvalue weighted by Crippen LogP contribution is -2.52. The van der Waals surface area contributed by atoms with Crippen LogP contribution < -0.4 is 9.64 Å². The molecule has 1 saturated heterocycles. The van der Waals surface area contributed by atoms with Crippen molar-refractivity contribution in [2.24, 2.45) is 17.3 Å². The molecule has 4 saturated carbocycles. The van der Waals surface area contributed by atoms with Crippen molar-refractivity contribution >= 4 is 17.8 Å². The maximum Gasteiger partial charge on any atom is 0.504 e. The van der Waals surface area contributed by atoms with E-state index < -0.39 is 6.30 Å². The number of anilines is 1. The Bertz CT molecular complexity index is 1700. The number of pyridine rings is 1. The number of halogens is 3. The number of ether oxygens (including phenoxy) is 2. The molecule has 3 heterocycles. The van der Waals surface area contributed by atoms with Crippen molar-refractivity contribution in [3.05, 3.63) is 60.0 Å². The zero-order chi connectivity index (χ0) is 35.3. The van der Waals surface area contributed by atoms with Gasteiger partial charge in [0.15, 0.2) is 0 Å². The van der Waals surface area contributed by atoms with Crippen molar-refractivity contribution in [1.82, 2.24) is 19.7 Å². The molecule has 1 aromatic carbocycles. The third-order valence-corrected chi connectivity index (χ3v) is 12.0. The molecular formula is C38H46F3N5O4. The molecule has 0 N–H and O–H groups in total. The van der Waals surface area contributed by atoms with Crippen LogP contribution in [0.1, 0.15) is 82.3 Å². The second-order valence-electron chi connectivity index (χ2n) is 15.3. The molecule has 268 valence electrons. The molecule has 0 atom stereocenters. The number of aromatic nitrogens is 3. The highest BCUT2D eigenvalue weighted by molar-refractivity contribution is 5.95. The van der Waals surface area contributed by atoms with E-state index in [9.17, 15) is 22.8 Å². The molecule has 3 aromatic rings. The average Bonchev–Trinajstić information content (AvgIpc) is 3.62. The van der Waals surface area contributed by atoms with Crippen molar-refractivity contribution in [3.8, 4) is 16.9 Å². The van der Waals surface area contributed by atoms with Gasteiger partial charge in [0.25, 0.3) is 0 Å². The molecule has 2 aromatic heterocycles. The van der Waals surface area contributed by atoms with Crippen LogP contribution in [0.5, 0.6) is 5.75 Å². The zero-order valence-electron chi connectivity index (χ0n) is 29.0. The lowest BCUT2D eigenvalue weighted by Gasteiger charge is -2.55.